The van der Waals surface area contributed by atoms with E-state index in [0.29, 0.717) is 15.8 Å². The maximum absolute atomic E-state index is 12.7. The molecule has 3 aromatic carbocycles. The average molecular weight is 522 g/mol. The van der Waals surface area contributed by atoms with Crippen molar-refractivity contribution in [3.63, 3.8) is 0 Å². The molecule has 0 bridgehead atoms. The van der Waals surface area contributed by atoms with Gasteiger partial charge in [0, 0.05) is 26.5 Å². The van der Waals surface area contributed by atoms with Crippen LogP contribution < -0.4 is 10.6 Å². The third-order valence-corrected chi connectivity index (χ3v) is 7.30. The number of nitrogens with one attached hydrogen (secondary N) is 2. The number of rotatable bonds is 8. The molecule has 1 unspecified atom stereocenters. The minimum atomic E-state index is -0.313. The van der Waals surface area contributed by atoms with Crippen molar-refractivity contribution < 1.29 is 9.59 Å². The summed E-state index contributed by atoms with van der Waals surface area (Å²) in [6.07, 6.45) is 0.271. The van der Waals surface area contributed by atoms with Gasteiger partial charge in [-0.25, -0.2) is 4.98 Å². The van der Waals surface area contributed by atoms with Gasteiger partial charge in [-0.05, 0) is 55.8 Å². The van der Waals surface area contributed by atoms with Gasteiger partial charge >= 0.3 is 0 Å². The number of thiazole rings is 1. The number of hydrogen-bond acceptors (Lipinski definition) is 5. The summed E-state index contributed by atoms with van der Waals surface area (Å²) in [7, 11) is 0. The zero-order valence-electron chi connectivity index (χ0n) is 19.2. The highest BCUT2D eigenvalue weighted by Gasteiger charge is 2.16. The summed E-state index contributed by atoms with van der Waals surface area (Å²) in [6, 6.07) is 22.8. The summed E-state index contributed by atoms with van der Waals surface area (Å²) in [5.74, 6) is -0.214. The van der Waals surface area contributed by atoms with E-state index in [-0.39, 0.29) is 23.5 Å². The molecule has 0 saturated heterocycles. The third kappa shape index (κ3) is 7.18. The molecule has 0 saturated carbocycles. The van der Waals surface area contributed by atoms with E-state index in [1.165, 1.54) is 28.7 Å². The summed E-state index contributed by atoms with van der Waals surface area (Å²) in [5.41, 5.74) is 4.66. The fourth-order valence-corrected chi connectivity index (χ4v) is 4.98. The molecular formula is C27H24ClN3O2S2. The maximum Gasteiger partial charge on any atom is 0.239 e. The predicted molar refractivity (Wildman–Crippen MR) is 146 cm³/mol. The number of amides is 2. The zero-order chi connectivity index (χ0) is 24.8. The number of benzene rings is 3. The van der Waals surface area contributed by atoms with Gasteiger partial charge in [-0.2, -0.15) is 0 Å². The van der Waals surface area contributed by atoms with Crippen LogP contribution in [0.15, 0.2) is 83.1 Å². The first kappa shape index (κ1) is 25.0. The minimum absolute atomic E-state index is 0.103. The molecular weight excluding hydrogens is 498 g/mol. The Labute approximate surface area is 218 Å². The van der Waals surface area contributed by atoms with Crippen molar-refractivity contribution in [1.29, 1.82) is 0 Å². The number of nitrogens with zero attached hydrogens (tertiary/aromatic N) is 1. The van der Waals surface area contributed by atoms with Crippen LogP contribution in [0.5, 0.6) is 0 Å². The van der Waals surface area contributed by atoms with E-state index in [4.69, 9.17) is 11.6 Å². The monoisotopic (exact) mass is 521 g/mol. The highest BCUT2D eigenvalue weighted by molar-refractivity contribution is 8.00. The Morgan fingerprint density at radius 1 is 0.971 bits per heavy atom. The molecule has 178 valence electrons. The zero-order valence-corrected chi connectivity index (χ0v) is 21.6. The lowest BCUT2D eigenvalue weighted by Crippen LogP contribution is -2.22. The van der Waals surface area contributed by atoms with Crippen molar-refractivity contribution in [1.82, 2.24) is 4.98 Å². The molecule has 2 N–H and O–H groups in total. The molecule has 4 rings (SSSR count). The summed E-state index contributed by atoms with van der Waals surface area (Å²) in [4.78, 5) is 30.5. The van der Waals surface area contributed by atoms with Gasteiger partial charge in [-0.15, -0.1) is 23.1 Å². The summed E-state index contributed by atoms with van der Waals surface area (Å²) in [5, 5.41) is 8.65. The molecule has 1 heterocycles. The minimum Gasteiger partial charge on any atom is -0.326 e. The van der Waals surface area contributed by atoms with Gasteiger partial charge in [-0.1, -0.05) is 53.6 Å². The van der Waals surface area contributed by atoms with E-state index in [1.54, 1.807) is 12.1 Å². The van der Waals surface area contributed by atoms with E-state index in [1.807, 2.05) is 79.9 Å². The van der Waals surface area contributed by atoms with Crippen LogP contribution in [0.2, 0.25) is 5.02 Å². The molecule has 35 heavy (non-hydrogen) atoms. The second-order valence-electron chi connectivity index (χ2n) is 8.03. The number of halogens is 1. The molecule has 4 aromatic rings. The van der Waals surface area contributed by atoms with E-state index in [2.05, 4.69) is 15.6 Å². The molecule has 5 nitrogen and oxygen atoms in total. The van der Waals surface area contributed by atoms with E-state index in [9.17, 15) is 9.59 Å². The van der Waals surface area contributed by atoms with Crippen LogP contribution in [0.4, 0.5) is 10.8 Å². The topological polar surface area (TPSA) is 71.1 Å². The quantitative estimate of drug-likeness (QED) is 0.243. The van der Waals surface area contributed by atoms with Crippen LogP contribution in [0.25, 0.3) is 11.3 Å². The average Bonchev–Trinajstić information content (AvgIpc) is 3.30. The summed E-state index contributed by atoms with van der Waals surface area (Å²) in [6.45, 7) is 3.90. The fourth-order valence-electron chi connectivity index (χ4n) is 3.26. The first-order valence-electron chi connectivity index (χ1n) is 11.0. The van der Waals surface area contributed by atoms with Gasteiger partial charge in [0.2, 0.25) is 11.8 Å². The summed E-state index contributed by atoms with van der Waals surface area (Å²) >= 11 is 8.74. The highest BCUT2D eigenvalue weighted by atomic mass is 35.5. The molecule has 2 amide bonds. The molecule has 8 heteroatoms. The lowest BCUT2D eigenvalue weighted by molar-refractivity contribution is -0.116. The van der Waals surface area contributed by atoms with E-state index < -0.39 is 0 Å². The largest absolute Gasteiger partial charge is 0.326 e. The van der Waals surface area contributed by atoms with Crippen molar-refractivity contribution in [2.75, 3.05) is 10.6 Å². The molecule has 0 aliphatic carbocycles. The van der Waals surface area contributed by atoms with Gasteiger partial charge in [-0.3, -0.25) is 9.59 Å². The first-order valence-corrected chi connectivity index (χ1v) is 13.1. The number of aryl methyl sites for hydroxylation is 1. The van der Waals surface area contributed by atoms with Crippen molar-refractivity contribution in [2.45, 2.75) is 30.4 Å². The van der Waals surface area contributed by atoms with Crippen LogP contribution in [0.3, 0.4) is 0 Å². The third-order valence-electron chi connectivity index (χ3n) is 5.18. The van der Waals surface area contributed by atoms with Crippen molar-refractivity contribution >= 4 is 57.3 Å². The Kier molecular flexibility index (Phi) is 8.23. The number of anilines is 2. The number of aromatic nitrogens is 1. The van der Waals surface area contributed by atoms with E-state index >= 15 is 0 Å². The molecule has 0 radical (unpaired) electrons. The van der Waals surface area contributed by atoms with Crippen LogP contribution in [-0.4, -0.2) is 22.0 Å². The second kappa shape index (κ2) is 11.5. The number of carbonyl (C=O) groups excluding carboxylic acids is 2. The Hall–Kier alpha value is -3.13. The van der Waals surface area contributed by atoms with Gasteiger partial charge in [0.1, 0.15) is 0 Å². The Morgan fingerprint density at radius 3 is 2.34 bits per heavy atom. The number of carbonyl (C=O) groups is 2. The Balaban J connectivity index is 1.28. The van der Waals surface area contributed by atoms with Crippen LogP contribution >= 0.6 is 34.7 Å². The normalized spacial score (nSPS) is 11.6. The van der Waals surface area contributed by atoms with Crippen LogP contribution in [-0.2, 0) is 16.0 Å². The van der Waals surface area contributed by atoms with E-state index in [0.717, 1.165) is 21.7 Å². The van der Waals surface area contributed by atoms with Crippen LogP contribution in [0, 0.1) is 6.92 Å². The standard InChI is InChI=1S/C27H24ClN3O2S2/c1-17-3-7-20(8-4-17)24-16-34-27(30-24)31-26(33)18(2)35-23-13-11-22(12-14-23)29-25(32)15-19-5-9-21(28)10-6-19/h3-14,16,18H,15H2,1-2H3,(H,29,32)(H,30,31,33). The Morgan fingerprint density at radius 2 is 1.66 bits per heavy atom. The number of hydrogen-bond donors (Lipinski definition) is 2. The Bertz CT molecular complexity index is 1300. The molecule has 1 aromatic heterocycles. The lowest BCUT2D eigenvalue weighted by atomic mass is 10.1. The smallest absolute Gasteiger partial charge is 0.239 e. The first-order chi connectivity index (χ1) is 16.9. The molecule has 0 fully saturated rings. The summed E-state index contributed by atoms with van der Waals surface area (Å²) < 4.78 is 0. The lowest BCUT2D eigenvalue weighted by Gasteiger charge is -2.11. The van der Waals surface area contributed by atoms with Crippen molar-refractivity contribution in [3.8, 4) is 11.3 Å². The van der Waals surface area contributed by atoms with Gasteiger partial charge in [0.05, 0.1) is 17.4 Å². The molecule has 0 spiro atoms. The SMILES string of the molecule is Cc1ccc(-c2csc(NC(=O)C(C)Sc3ccc(NC(=O)Cc4ccc(Cl)cc4)cc3)n2)cc1. The highest BCUT2D eigenvalue weighted by Crippen LogP contribution is 2.28. The van der Waals surface area contributed by atoms with Crippen molar-refractivity contribution in [2.24, 2.45) is 0 Å². The van der Waals surface area contributed by atoms with Gasteiger partial charge in [0.25, 0.3) is 0 Å². The fraction of sp³-hybridized carbons (Fsp3) is 0.148. The maximum atomic E-state index is 12.7. The predicted octanol–water partition coefficient (Wildman–Crippen LogP) is 7.07. The second-order valence-corrected chi connectivity index (χ2v) is 10.7. The van der Waals surface area contributed by atoms with Gasteiger partial charge in [0.15, 0.2) is 5.13 Å². The van der Waals surface area contributed by atoms with Crippen LogP contribution in [0.1, 0.15) is 18.1 Å². The van der Waals surface area contributed by atoms with Crippen molar-refractivity contribution in [3.05, 3.63) is 94.3 Å². The molecule has 0 aliphatic rings. The number of thioether (sulfide) groups is 1. The molecule has 0 aliphatic heterocycles. The van der Waals surface area contributed by atoms with Gasteiger partial charge < -0.3 is 10.6 Å². The molecule has 1 atom stereocenters.